The van der Waals surface area contributed by atoms with E-state index in [9.17, 15) is 4.79 Å². The van der Waals surface area contributed by atoms with Crippen molar-refractivity contribution in [2.75, 3.05) is 12.3 Å². The van der Waals surface area contributed by atoms with Crippen molar-refractivity contribution in [2.24, 2.45) is 5.92 Å². The van der Waals surface area contributed by atoms with Crippen LogP contribution in [0.25, 0.3) is 0 Å². The Bertz CT molecular complexity index is 746. The quantitative estimate of drug-likeness (QED) is 0.907. The Morgan fingerprint density at radius 1 is 1.04 bits per heavy atom. The Balaban J connectivity index is 1.62. The summed E-state index contributed by atoms with van der Waals surface area (Å²) in [7, 11) is 0. The maximum Gasteiger partial charge on any atom is 0.274 e. The molecule has 0 unspecified atom stereocenters. The summed E-state index contributed by atoms with van der Waals surface area (Å²) in [5.41, 5.74) is 8.31. The number of fused-ring (bicyclic) bond motifs is 1. The number of hydrogen-bond acceptors (Lipinski definition) is 3. The molecule has 1 amide bonds. The molecule has 2 aromatic rings. The van der Waals surface area contributed by atoms with E-state index >= 15 is 0 Å². The summed E-state index contributed by atoms with van der Waals surface area (Å²) in [5, 5.41) is 0. The fraction of sp³-hybridized carbons (Fsp3) is 0.429. The summed E-state index contributed by atoms with van der Waals surface area (Å²) in [6, 6.07) is 14.6. The highest BCUT2D eigenvalue weighted by atomic mass is 16.2. The standard InChI is InChI=1S/C21H25N3O/c22-18-10-6-13-23-20(18)21(25)24-14-12-16(15-7-2-1-3-8-15)17-9-4-5-11-19(17)24/h1-3,6-8,10,13,16-17,19H,4-5,9,11-12,14,22H2/t16-,17-,19-/m1/s1. The Morgan fingerprint density at radius 2 is 1.84 bits per heavy atom. The maximum atomic E-state index is 13.1. The SMILES string of the molecule is Nc1cccnc1C(=O)N1CC[C@H](c2ccccc2)[C@H]2CCCC[C@H]21. The van der Waals surface area contributed by atoms with Gasteiger partial charge in [-0.1, -0.05) is 43.2 Å². The zero-order valence-electron chi connectivity index (χ0n) is 14.5. The lowest BCUT2D eigenvalue weighted by Gasteiger charge is -2.48. The lowest BCUT2D eigenvalue weighted by atomic mass is 9.69. The Kier molecular flexibility index (Phi) is 4.43. The molecule has 4 rings (SSSR count). The van der Waals surface area contributed by atoms with Crippen LogP contribution in [0.5, 0.6) is 0 Å². The molecule has 1 aromatic heterocycles. The van der Waals surface area contributed by atoms with Gasteiger partial charge < -0.3 is 10.6 Å². The van der Waals surface area contributed by atoms with Crippen molar-refractivity contribution in [2.45, 2.75) is 44.1 Å². The number of likely N-dealkylation sites (tertiary alicyclic amines) is 1. The molecule has 130 valence electrons. The predicted octanol–water partition coefficient (Wildman–Crippen LogP) is 3.85. The molecule has 2 heterocycles. The fourth-order valence-corrected chi connectivity index (χ4v) is 4.75. The number of hydrogen-bond donors (Lipinski definition) is 1. The first-order valence-electron chi connectivity index (χ1n) is 9.32. The first kappa shape index (κ1) is 16.1. The van der Waals surface area contributed by atoms with E-state index in [1.54, 1.807) is 18.3 Å². The number of rotatable bonds is 2. The van der Waals surface area contributed by atoms with Crippen molar-refractivity contribution in [1.29, 1.82) is 0 Å². The van der Waals surface area contributed by atoms with Crippen LogP contribution in [0.2, 0.25) is 0 Å². The van der Waals surface area contributed by atoms with E-state index in [0.29, 0.717) is 29.3 Å². The largest absolute Gasteiger partial charge is 0.397 e. The molecule has 0 spiro atoms. The van der Waals surface area contributed by atoms with Gasteiger partial charge in [0.1, 0.15) is 0 Å². The summed E-state index contributed by atoms with van der Waals surface area (Å²) in [5.74, 6) is 1.09. The normalized spacial score (nSPS) is 26.1. The molecule has 2 aliphatic rings. The summed E-state index contributed by atoms with van der Waals surface area (Å²) in [6.07, 6.45) is 7.42. The zero-order chi connectivity index (χ0) is 17.2. The van der Waals surface area contributed by atoms with Gasteiger partial charge in [0.05, 0.1) is 5.69 Å². The smallest absolute Gasteiger partial charge is 0.274 e. The average Bonchev–Trinajstić information content (AvgIpc) is 2.68. The molecule has 1 aromatic carbocycles. The van der Waals surface area contributed by atoms with E-state index in [1.807, 2.05) is 0 Å². The van der Waals surface area contributed by atoms with Gasteiger partial charge in [0, 0.05) is 18.8 Å². The summed E-state index contributed by atoms with van der Waals surface area (Å²) in [6.45, 7) is 0.787. The van der Waals surface area contributed by atoms with Crippen molar-refractivity contribution in [3.05, 3.63) is 59.9 Å². The fourth-order valence-electron chi connectivity index (χ4n) is 4.75. The number of piperidine rings is 1. The number of nitrogens with zero attached hydrogens (tertiary/aromatic N) is 2. The van der Waals surface area contributed by atoms with Gasteiger partial charge in [-0.05, 0) is 48.8 Å². The Morgan fingerprint density at radius 3 is 2.64 bits per heavy atom. The monoisotopic (exact) mass is 335 g/mol. The van der Waals surface area contributed by atoms with E-state index in [1.165, 1.54) is 24.8 Å². The van der Waals surface area contributed by atoms with E-state index in [-0.39, 0.29) is 5.91 Å². The van der Waals surface area contributed by atoms with Gasteiger partial charge in [-0.3, -0.25) is 4.79 Å². The van der Waals surface area contributed by atoms with Gasteiger partial charge in [0.2, 0.25) is 0 Å². The van der Waals surface area contributed by atoms with E-state index < -0.39 is 0 Å². The molecule has 1 saturated heterocycles. The Hall–Kier alpha value is -2.36. The van der Waals surface area contributed by atoms with Gasteiger partial charge in [0.15, 0.2) is 5.69 Å². The number of carbonyl (C=O) groups excluding carboxylic acids is 1. The molecule has 25 heavy (non-hydrogen) atoms. The minimum absolute atomic E-state index is 0.00140. The molecular formula is C21H25N3O. The molecule has 0 bridgehead atoms. The molecule has 4 nitrogen and oxygen atoms in total. The molecule has 1 aliphatic carbocycles. The minimum atomic E-state index is 0.00140. The highest BCUT2D eigenvalue weighted by molar-refractivity contribution is 5.97. The van der Waals surface area contributed by atoms with E-state index in [0.717, 1.165) is 19.4 Å². The van der Waals surface area contributed by atoms with Crippen molar-refractivity contribution < 1.29 is 4.79 Å². The van der Waals surface area contributed by atoms with Crippen LogP contribution in [0, 0.1) is 5.92 Å². The number of carbonyl (C=O) groups is 1. The number of aromatic nitrogens is 1. The number of anilines is 1. The minimum Gasteiger partial charge on any atom is -0.397 e. The second kappa shape index (κ2) is 6.87. The lowest BCUT2D eigenvalue weighted by Crippen LogP contribution is -2.52. The lowest BCUT2D eigenvalue weighted by molar-refractivity contribution is 0.0315. The third-order valence-electron chi connectivity index (χ3n) is 5.91. The molecule has 3 atom stereocenters. The van der Waals surface area contributed by atoms with Crippen LogP contribution < -0.4 is 5.73 Å². The van der Waals surface area contributed by atoms with Crippen LogP contribution in [-0.4, -0.2) is 28.4 Å². The van der Waals surface area contributed by atoms with Crippen LogP contribution in [0.1, 0.15) is 54.1 Å². The van der Waals surface area contributed by atoms with Crippen molar-refractivity contribution in [3.63, 3.8) is 0 Å². The molecule has 2 fully saturated rings. The topological polar surface area (TPSA) is 59.2 Å². The average molecular weight is 335 g/mol. The van der Waals surface area contributed by atoms with Crippen molar-refractivity contribution in [1.82, 2.24) is 9.88 Å². The number of nitrogens with two attached hydrogens (primary N) is 1. The van der Waals surface area contributed by atoms with Gasteiger partial charge in [0.25, 0.3) is 5.91 Å². The van der Waals surface area contributed by atoms with Crippen LogP contribution >= 0.6 is 0 Å². The zero-order valence-corrected chi connectivity index (χ0v) is 14.5. The molecule has 1 saturated carbocycles. The maximum absolute atomic E-state index is 13.1. The highest BCUT2D eigenvalue weighted by Gasteiger charge is 2.42. The van der Waals surface area contributed by atoms with Crippen LogP contribution in [0.3, 0.4) is 0 Å². The van der Waals surface area contributed by atoms with Crippen LogP contribution in [0.15, 0.2) is 48.7 Å². The third-order valence-corrected chi connectivity index (χ3v) is 5.91. The van der Waals surface area contributed by atoms with Crippen molar-refractivity contribution >= 4 is 11.6 Å². The molecule has 4 heteroatoms. The van der Waals surface area contributed by atoms with E-state index in [4.69, 9.17) is 5.73 Å². The second-order valence-corrected chi connectivity index (χ2v) is 7.26. The van der Waals surface area contributed by atoms with Crippen LogP contribution in [0.4, 0.5) is 5.69 Å². The van der Waals surface area contributed by atoms with Gasteiger partial charge in [-0.15, -0.1) is 0 Å². The number of pyridine rings is 1. The highest BCUT2D eigenvalue weighted by Crippen LogP contribution is 2.44. The van der Waals surface area contributed by atoms with Gasteiger partial charge in [-0.25, -0.2) is 4.98 Å². The summed E-state index contributed by atoms with van der Waals surface area (Å²) >= 11 is 0. The Labute approximate surface area is 149 Å². The number of nitrogen functional groups attached to an aromatic ring is 1. The van der Waals surface area contributed by atoms with Gasteiger partial charge in [-0.2, -0.15) is 0 Å². The first-order valence-corrected chi connectivity index (χ1v) is 9.32. The third kappa shape index (κ3) is 3.01. The predicted molar refractivity (Wildman–Crippen MR) is 99.2 cm³/mol. The summed E-state index contributed by atoms with van der Waals surface area (Å²) < 4.78 is 0. The molecular weight excluding hydrogens is 310 g/mol. The van der Waals surface area contributed by atoms with E-state index in [2.05, 4.69) is 40.2 Å². The molecule has 0 radical (unpaired) electrons. The van der Waals surface area contributed by atoms with Crippen molar-refractivity contribution in [3.8, 4) is 0 Å². The second-order valence-electron chi connectivity index (χ2n) is 7.26. The first-order chi connectivity index (χ1) is 12.3. The number of benzene rings is 1. The van der Waals surface area contributed by atoms with Gasteiger partial charge >= 0.3 is 0 Å². The molecule has 2 N–H and O–H groups in total. The molecule has 1 aliphatic heterocycles. The van der Waals surface area contributed by atoms with Crippen LogP contribution in [-0.2, 0) is 0 Å². The number of amides is 1. The summed E-state index contributed by atoms with van der Waals surface area (Å²) in [4.78, 5) is 19.4.